The van der Waals surface area contributed by atoms with E-state index in [1.54, 1.807) is 0 Å². The molecule has 1 aliphatic rings. The molecule has 2 N–H and O–H groups in total. The highest BCUT2D eigenvalue weighted by atomic mass is 16.3. The number of hydrogen-bond acceptors (Lipinski definition) is 2. The molecule has 0 aromatic carbocycles. The van der Waals surface area contributed by atoms with Crippen molar-refractivity contribution in [3.8, 4) is 0 Å². The van der Waals surface area contributed by atoms with Gasteiger partial charge in [-0.2, -0.15) is 0 Å². The standard InChI is InChI=1S/C21H42O2/c22-19-21(20-23)17-15-13-11-9-7-5-3-1-2-4-6-8-10-12-14-16-18-21/h22-23H,1-20H2. The zero-order valence-corrected chi connectivity index (χ0v) is 15.5. The van der Waals surface area contributed by atoms with Crippen molar-refractivity contribution >= 4 is 0 Å². The quantitative estimate of drug-likeness (QED) is 0.654. The topological polar surface area (TPSA) is 40.5 Å². The summed E-state index contributed by atoms with van der Waals surface area (Å²) in [5, 5.41) is 19.5. The van der Waals surface area contributed by atoms with E-state index in [0.29, 0.717) is 0 Å². The first-order chi connectivity index (χ1) is 11.3. The molecule has 0 aromatic rings. The van der Waals surface area contributed by atoms with E-state index in [4.69, 9.17) is 0 Å². The van der Waals surface area contributed by atoms with Crippen molar-refractivity contribution in [3.63, 3.8) is 0 Å². The minimum absolute atomic E-state index is 0.156. The molecule has 23 heavy (non-hydrogen) atoms. The van der Waals surface area contributed by atoms with E-state index < -0.39 is 0 Å². The highest BCUT2D eigenvalue weighted by Gasteiger charge is 2.27. The molecule has 1 rings (SSSR count). The van der Waals surface area contributed by atoms with Gasteiger partial charge in [-0.1, -0.05) is 103 Å². The Balaban J connectivity index is 2.32. The van der Waals surface area contributed by atoms with Gasteiger partial charge >= 0.3 is 0 Å². The largest absolute Gasteiger partial charge is 0.396 e. The van der Waals surface area contributed by atoms with Gasteiger partial charge in [0, 0.05) is 5.41 Å². The molecule has 1 aliphatic carbocycles. The van der Waals surface area contributed by atoms with Gasteiger partial charge in [-0.25, -0.2) is 0 Å². The van der Waals surface area contributed by atoms with E-state index >= 15 is 0 Å². The van der Waals surface area contributed by atoms with Crippen LogP contribution < -0.4 is 0 Å². The molecule has 1 fully saturated rings. The van der Waals surface area contributed by atoms with Crippen LogP contribution in [-0.2, 0) is 0 Å². The van der Waals surface area contributed by atoms with E-state index in [2.05, 4.69) is 0 Å². The van der Waals surface area contributed by atoms with E-state index in [0.717, 1.165) is 12.8 Å². The lowest BCUT2D eigenvalue weighted by molar-refractivity contribution is 0.0353. The molecule has 0 spiro atoms. The van der Waals surface area contributed by atoms with Crippen molar-refractivity contribution in [1.29, 1.82) is 0 Å². The second-order valence-electron chi connectivity index (χ2n) is 7.97. The maximum atomic E-state index is 9.77. The van der Waals surface area contributed by atoms with Crippen LogP contribution >= 0.6 is 0 Å². The lowest BCUT2D eigenvalue weighted by atomic mass is 9.79. The van der Waals surface area contributed by atoms with Gasteiger partial charge in [-0.05, 0) is 12.8 Å². The number of rotatable bonds is 2. The Morgan fingerprint density at radius 3 is 0.826 bits per heavy atom. The van der Waals surface area contributed by atoms with Gasteiger partial charge in [-0.3, -0.25) is 0 Å². The van der Waals surface area contributed by atoms with Crippen LogP contribution in [0.25, 0.3) is 0 Å². The third-order valence-corrected chi connectivity index (χ3v) is 5.84. The molecule has 0 unspecified atom stereocenters. The fraction of sp³-hybridized carbons (Fsp3) is 1.00. The first-order valence-corrected chi connectivity index (χ1v) is 10.5. The summed E-state index contributed by atoms with van der Waals surface area (Å²) in [6.07, 6.45) is 23.6. The Bertz CT molecular complexity index is 226. The van der Waals surface area contributed by atoms with Gasteiger partial charge in [0.05, 0.1) is 13.2 Å². The van der Waals surface area contributed by atoms with E-state index in [9.17, 15) is 10.2 Å². The van der Waals surface area contributed by atoms with E-state index in [1.165, 1.54) is 103 Å². The van der Waals surface area contributed by atoms with Crippen LogP contribution in [0.1, 0.15) is 116 Å². The summed E-state index contributed by atoms with van der Waals surface area (Å²) in [5.41, 5.74) is -0.205. The summed E-state index contributed by atoms with van der Waals surface area (Å²) in [6.45, 7) is 0.312. The molecule has 0 aliphatic heterocycles. The maximum absolute atomic E-state index is 9.77. The van der Waals surface area contributed by atoms with E-state index in [-0.39, 0.29) is 18.6 Å². The first kappa shape index (κ1) is 21.0. The van der Waals surface area contributed by atoms with Crippen molar-refractivity contribution in [2.75, 3.05) is 13.2 Å². The third kappa shape index (κ3) is 10.4. The predicted molar refractivity (Wildman–Crippen MR) is 99.7 cm³/mol. The third-order valence-electron chi connectivity index (χ3n) is 5.84. The van der Waals surface area contributed by atoms with Crippen molar-refractivity contribution < 1.29 is 10.2 Å². The average Bonchev–Trinajstić information content (AvgIpc) is 2.58. The summed E-state index contributed by atoms with van der Waals surface area (Å²) >= 11 is 0. The lowest BCUT2D eigenvalue weighted by Gasteiger charge is -2.30. The minimum atomic E-state index is -0.205. The highest BCUT2D eigenvalue weighted by Crippen LogP contribution is 2.31. The van der Waals surface area contributed by atoms with Crippen LogP contribution in [0.3, 0.4) is 0 Å². The Labute approximate surface area is 145 Å². The molecule has 0 heterocycles. The molecular weight excluding hydrogens is 284 g/mol. The summed E-state index contributed by atoms with van der Waals surface area (Å²) < 4.78 is 0. The number of hydrogen-bond donors (Lipinski definition) is 2. The van der Waals surface area contributed by atoms with Crippen molar-refractivity contribution in [2.24, 2.45) is 5.41 Å². The minimum Gasteiger partial charge on any atom is -0.396 e. The van der Waals surface area contributed by atoms with Gasteiger partial charge < -0.3 is 10.2 Å². The summed E-state index contributed by atoms with van der Waals surface area (Å²) in [7, 11) is 0. The van der Waals surface area contributed by atoms with Crippen LogP contribution in [0.15, 0.2) is 0 Å². The summed E-state index contributed by atoms with van der Waals surface area (Å²) in [6, 6.07) is 0. The average molecular weight is 327 g/mol. The monoisotopic (exact) mass is 326 g/mol. The van der Waals surface area contributed by atoms with E-state index in [1.807, 2.05) is 0 Å². The predicted octanol–water partition coefficient (Wildman–Crippen LogP) is 5.99. The zero-order valence-electron chi connectivity index (χ0n) is 15.5. The maximum Gasteiger partial charge on any atom is 0.0509 e. The van der Waals surface area contributed by atoms with Gasteiger partial charge in [0.1, 0.15) is 0 Å². The van der Waals surface area contributed by atoms with Crippen LogP contribution in [0.2, 0.25) is 0 Å². The lowest BCUT2D eigenvalue weighted by Crippen LogP contribution is -2.29. The number of aliphatic hydroxyl groups is 2. The molecule has 0 radical (unpaired) electrons. The first-order valence-electron chi connectivity index (χ1n) is 10.5. The van der Waals surface area contributed by atoms with Crippen LogP contribution in [-0.4, -0.2) is 23.4 Å². The molecule has 0 amide bonds. The number of aliphatic hydroxyl groups excluding tert-OH is 2. The Morgan fingerprint density at radius 2 is 0.609 bits per heavy atom. The molecule has 0 saturated heterocycles. The van der Waals surface area contributed by atoms with Gasteiger partial charge in [-0.15, -0.1) is 0 Å². The second kappa shape index (κ2) is 14.3. The summed E-state index contributed by atoms with van der Waals surface area (Å²) in [5.74, 6) is 0. The molecule has 138 valence electrons. The second-order valence-corrected chi connectivity index (χ2v) is 7.97. The van der Waals surface area contributed by atoms with Gasteiger partial charge in [0.25, 0.3) is 0 Å². The van der Waals surface area contributed by atoms with Crippen LogP contribution in [0.4, 0.5) is 0 Å². The Kier molecular flexibility index (Phi) is 13.0. The fourth-order valence-corrected chi connectivity index (χ4v) is 3.97. The van der Waals surface area contributed by atoms with Crippen molar-refractivity contribution in [2.45, 2.75) is 116 Å². The smallest absolute Gasteiger partial charge is 0.0509 e. The Hall–Kier alpha value is -0.0800. The van der Waals surface area contributed by atoms with Crippen molar-refractivity contribution in [3.05, 3.63) is 0 Å². The van der Waals surface area contributed by atoms with Crippen LogP contribution in [0.5, 0.6) is 0 Å². The molecule has 1 saturated carbocycles. The SMILES string of the molecule is OCC1(CO)CCCCCCCCCCCCCCCCCC1. The van der Waals surface area contributed by atoms with Gasteiger partial charge in [0.2, 0.25) is 0 Å². The molecule has 0 aromatic heterocycles. The van der Waals surface area contributed by atoms with Crippen LogP contribution in [0, 0.1) is 5.41 Å². The van der Waals surface area contributed by atoms with Gasteiger partial charge in [0.15, 0.2) is 0 Å². The van der Waals surface area contributed by atoms with Crippen molar-refractivity contribution in [1.82, 2.24) is 0 Å². The molecular formula is C21H42O2. The Morgan fingerprint density at radius 1 is 0.391 bits per heavy atom. The molecule has 2 nitrogen and oxygen atoms in total. The molecule has 0 bridgehead atoms. The molecule has 2 heteroatoms. The zero-order chi connectivity index (χ0) is 16.6. The molecule has 0 atom stereocenters. The highest BCUT2D eigenvalue weighted by molar-refractivity contribution is 4.78. The fourth-order valence-electron chi connectivity index (χ4n) is 3.97. The summed E-state index contributed by atoms with van der Waals surface area (Å²) in [4.78, 5) is 0. The normalized spacial score (nSPS) is 24.3.